The predicted molar refractivity (Wildman–Crippen MR) is 110 cm³/mol. The molecule has 0 spiro atoms. The summed E-state index contributed by atoms with van der Waals surface area (Å²) >= 11 is 1.72. The van der Waals surface area contributed by atoms with Crippen molar-refractivity contribution in [2.45, 2.75) is 31.6 Å². The molecule has 0 saturated heterocycles. The van der Waals surface area contributed by atoms with E-state index in [1.54, 1.807) is 31.2 Å². The van der Waals surface area contributed by atoms with E-state index in [9.17, 15) is 26.3 Å². The largest absolute Gasteiger partial charge is 0.497 e. The van der Waals surface area contributed by atoms with Crippen LogP contribution in [-0.4, -0.2) is 29.9 Å². The lowest BCUT2D eigenvalue weighted by molar-refractivity contribution is -0.254. The first-order valence-corrected chi connectivity index (χ1v) is 10.6. The summed E-state index contributed by atoms with van der Waals surface area (Å²) in [5, 5.41) is 0.249. The zero-order valence-electron chi connectivity index (χ0n) is 16.4. The number of halogens is 6. The third kappa shape index (κ3) is 3.10. The molecule has 0 aliphatic heterocycles. The molecule has 3 aromatic rings. The smallest absolute Gasteiger partial charge is 0.380 e. The van der Waals surface area contributed by atoms with E-state index in [-0.39, 0.29) is 14.8 Å². The molecule has 0 N–H and O–H groups in total. The van der Waals surface area contributed by atoms with Gasteiger partial charge in [-0.15, -0.1) is 22.7 Å². The Hall–Kier alpha value is -2.33. The highest BCUT2D eigenvalue weighted by molar-refractivity contribution is 7.15. The minimum absolute atomic E-state index is 0.139. The first kappa shape index (κ1) is 21.9. The van der Waals surface area contributed by atoms with E-state index in [0.29, 0.717) is 16.2 Å². The number of aryl methyl sites for hydroxylation is 2. The van der Waals surface area contributed by atoms with Crippen LogP contribution in [0.2, 0.25) is 0 Å². The first-order chi connectivity index (χ1) is 14.4. The molecule has 31 heavy (non-hydrogen) atoms. The van der Waals surface area contributed by atoms with E-state index < -0.39 is 34.6 Å². The van der Waals surface area contributed by atoms with E-state index in [0.717, 1.165) is 28.7 Å². The standard InChI is InChI=1S/C21H15F6NOS2/c1-10-4-9-14(30-10)15-16(20(24,25)21(26,27)19(15,22)23)17-11(2)31-18(28-17)12-5-7-13(29-3)8-6-12/h4-9H,1-3H3. The van der Waals surface area contributed by atoms with Crippen molar-refractivity contribution in [1.82, 2.24) is 4.98 Å². The van der Waals surface area contributed by atoms with Gasteiger partial charge in [-0.1, -0.05) is 0 Å². The molecule has 2 aromatic heterocycles. The molecular formula is C21H15F6NOS2. The molecule has 1 aliphatic carbocycles. The van der Waals surface area contributed by atoms with Crippen molar-refractivity contribution in [3.8, 4) is 16.3 Å². The van der Waals surface area contributed by atoms with Gasteiger partial charge in [0.1, 0.15) is 10.8 Å². The van der Waals surface area contributed by atoms with Gasteiger partial charge < -0.3 is 4.74 Å². The topological polar surface area (TPSA) is 22.1 Å². The number of methoxy groups -OCH3 is 1. The maximum Gasteiger partial charge on any atom is 0.380 e. The van der Waals surface area contributed by atoms with Gasteiger partial charge in [0.25, 0.3) is 0 Å². The molecule has 0 radical (unpaired) electrons. The molecule has 2 heterocycles. The number of aromatic nitrogens is 1. The summed E-state index contributed by atoms with van der Waals surface area (Å²) in [6.45, 7) is 2.97. The predicted octanol–water partition coefficient (Wildman–Crippen LogP) is 7.33. The van der Waals surface area contributed by atoms with Crippen molar-refractivity contribution >= 4 is 33.8 Å². The average molecular weight is 475 g/mol. The van der Waals surface area contributed by atoms with E-state index in [1.807, 2.05) is 0 Å². The van der Waals surface area contributed by atoms with Crippen LogP contribution in [0.15, 0.2) is 36.4 Å². The van der Waals surface area contributed by atoms with Gasteiger partial charge in [0.2, 0.25) is 0 Å². The van der Waals surface area contributed by atoms with E-state index in [2.05, 4.69) is 4.98 Å². The summed E-state index contributed by atoms with van der Waals surface area (Å²) < 4.78 is 93.0. The number of nitrogens with zero attached hydrogens (tertiary/aromatic N) is 1. The summed E-state index contributed by atoms with van der Waals surface area (Å²) in [6, 6.07) is 9.07. The summed E-state index contributed by atoms with van der Waals surface area (Å²) in [4.78, 5) is 4.45. The third-order valence-corrected chi connectivity index (χ3v) is 7.06. The lowest BCUT2D eigenvalue weighted by Crippen LogP contribution is -2.48. The Labute approximate surface area is 181 Å². The second kappa shape index (κ2) is 7.09. The normalized spacial score (nSPS) is 19.1. The number of benzene rings is 1. The minimum atomic E-state index is -5.58. The summed E-state index contributed by atoms with van der Waals surface area (Å²) in [5.74, 6) is -15.2. The van der Waals surface area contributed by atoms with Crippen LogP contribution in [0.4, 0.5) is 26.3 Å². The highest BCUT2D eigenvalue weighted by atomic mass is 32.1. The maximum absolute atomic E-state index is 14.9. The molecule has 0 unspecified atom stereocenters. The Bertz CT molecular complexity index is 1180. The Morgan fingerprint density at radius 3 is 1.97 bits per heavy atom. The zero-order valence-corrected chi connectivity index (χ0v) is 18.0. The van der Waals surface area contributed by atoms with Gasteiger partial charge in [0.15, 0.2) is 0 Å². The molecule has 0 bridgehead atoms. The summed E-state index contributed by atoms with van der Waals surface area (Å²) in [7, 11) is 1.48. The fraction of sp³-hybridized carbons (Fsp3) is 0.286. The molecule has 10 heteroatoms. The van der Waals surface area contributed by atoms with Crippen LogP contribution in [0.25, 0.3) is 21.7 Å². The zero-order chi connectivity index (χ0) is 22.8. The molecular weight excluding hydrogens is 460 g/mol. The minimum Gasteiger partial charge on any atom is -0.497 e. The Kier molecular flexibility index (Phi) is 5.01. The van der Waals surface area contributed by atoms with Crippen molar-refractivity contribution in [2.24, 2.45) is 0 Å². The number of hydrogen-bond acceptors (Lipinski definition) is 4. The fourth-order valence-corrected chi connectivity index (χ4v) is 5.30. The van der Waals surface area contributed by atoms with Crippen LogP contribution in [0.3, 0.4) is 0 Å². The number of rotatable bonds is 4. The number of thiophene rings is 1. The van der Waals surface area contributed by atoms with Crippen molar-refractivity contribution in [2.75, 3.05) is 7.11 Å². The van der Waals surface area contributed by atoms with Crippen LogP contribution in [0.5, 0.6) is 5.75 Å². The average Bonchev–Trinajstić information content (AvgIpc) is 3.32. The number of ether oxygens (including phenoxy) is 1. The summed E-state index contributed by atoms with van der Waals surface area (Å²) in [6.07, 6.45) is 0. The van der Waals surface area contributed by atoms with Crippen LogP contribution in [-0.2, 0) is 0 Å². The number of allylic oxidation sites excluding steroid dienone is 2. The highest BCUT2D eigenvalue weighted by Crippen LogP contribution is 2.65. The van der Waals surface area contributed by atoms with Gasteiger partial charge in [-0.3, -0.25) is 0 Å². The molecule has 164 valence electrons. The van der Waals surface area contributed by atoms with Crippen molar-refractivity contribution in [1.29, 1.82) is 0 Å². The molecule has 0 fully saturated rings. The van der Waals surface area contributed by atoms with E-state index in [1.165, 1.54) is 20.1 Å². The van der Waals surface area contributed by atoms with Gasteiger partial charge >= 0.3 is 17.8 Å². The lowest BCUT2D eigenvalue weighted by atomic mass is 10.0. The van der Waals surface area contributed by atoms with Crippen molar-refractivity contribution < 1.29 is 31.1 Å². The first-order valence-electron chi connectivity index (χ1n) is 8.99. The Morgan fingerprint density at radius 2 is 1.42 bits per heavy atom. The number of thiazole rings is 1. The maximum atomic E-state index is 14.9. The van der Waals surface area contributed by atoms with Crippen molar-refractivity contribution in [3.05, 3.63) is 56.7 Å². The Morgan fingerprint density at radius 1 is 0.806 bits per heavy atom. The molecule has 4 rings (SSSR count). The molecule has 1 aromatic carbocycles. The third-order valence-electron chi connectivity index (χ3n) is 5.02. The number of hydrogen-bond donors (Lipinski definition) is 0. The van der Waals surface area contributed by atoms with Crippen LogP contribution in [0.1, 0.15) is 20.3 Å². The molecule has 0 atom stereocenters. The SMILES string of the molecule is COc1ccc(-c2nc(C3=C(c4ccc(C)s4)C(F)(F)C(F)(F)C3(F)F)c(C)s2)cc1. The van der Waals surface area contributed by atoms with Crippen LogP contribution >= 0.6 is 22.7 Å². The van der Waals surface area contributed by atoms with Crippen LogP contribution in [0, 0.1) is 13.8 Å². The molecule has 2 nitrogen and oxygen atoms in total. The molecule has 0 saturated carbocycles. The Balaban J connectivity index is 1.96. The van der Waals surface area contributed by atoms with Gasteiger partial charge in [-0.2, -0.15) is 26.3 Å². The second-order valence-electron chi connectivity index (χ2n) is 7.04. The quantitative estimate of drug-likeness (QED) is 0.369. The van der Waals surface area contributed by atoms with Crippen LogP contribution < -0.4 is 4.74 Å². The van der Waals surface area contributed by atoms with Gasteiger partial charge in [0, 0.05) is 20.2 Å². The lowest BCUT2D eigenvalue weighted by Gasteiger charge is -2.25. The molecule has 0 amide bonds. The van der Waals surface area contributed by atoms with E-state index in [4.69, 9.17) is 4.74 Å². The number of alkyl halides is 6. The highest BCUT2D eigenvalue weighted by Gasteiger charge is 2.80. The second-order valence-corrected chi connectivity index (χ2v) is 9.53. The fourth-order valence-electron chi connectivity index (χ4n) is 3.42. The summed E-state index contributed by atoms with van der Waals surface area (Å²) in [5.41, 5.74) is -2.80. The van der Waals surface area contributed by atoms with Gasteiger partial charge in [-0.25, -0.2) is 4.98 Å². The van der Waals surface area contributed by atoms with Gasteiger partial charge in [0.05, 0.1) is 23.9 Å². The molecule has 1 aliphatic rings. The van der Waals surface area contributed by atoms with E-state index >= 15 is 0 Å². The van der Waals surface area contributed by atoms with Crippen molar-refractivity contribution in [3.63, 3.8) is 0 Å². The van der Waals surface area contributed by atoms with Gasteiger partial charge in [-0.05, 0) is 50.2 Å². The monoisotopic (exact) mass is 475 g/mol.